The quantitative estimate of drug-likeness (QED) is 0.450. The van der Waals surface area contributed by atoms with Crippen LogP contribution in [0.1, 0.15) is 5.56 Å². The number of aromatic amines is 1. The SMILES string of the molecule is O=C(Cc1c(Sc2ccccc2)[nH]c2ccccc12)N1CCN(c2ccccc2F)CC1. The van der Waals surface area contributed by atoms with Gasteiger partial charge in [0.25, 0.3) is 0 Å². The van der Waals surface area contributed by atoms with E-state index in [0.29, 0.717) is 38.3 Å². The third kappa shape index (κ3) is 4.23. The van der Waals surface area contributed by atoms with Crippen LogP contribution >= 0.6 is 11.8 Å². The second-order valence-electron chi connectivity index (χ2n) is 7.89. The molecule has 2 heterocycles. The summed E-state index contributed by atoms with van der Waals surface area (Å²) in [6, 6.07) is 25.1. The van der Waals surface area contributed by atoms with Crippen molar-refractivity contribution in [3.05, 3.63) is 90.2 Å². The van der Waals surface area contributed by atoms with Gasteiger partial charge < -0.3 is 14.8 Å². The normalized spacial score (nSPS) is 14.2. The maximum atomic E-state index is 14.1. The lowest BCUT2D eigenvalue weighted by atomic mass is 10.1. The van der Waals surface area contributed by atoms with Crippen LogP contribution < -0.4 is 4.90 Å². The largest absolute Gasteiger partial charge is 0.366 e. The van der Waals surface area contributed by atoms with Gasteiger partial charge in [-0.05, 0) is 30.3 Å². The lowest BCUT2D eigenvalue weighted by Crippen LogP contribution is -2.49. The minimum absolute atomic E-state index is 0.109. The summed E-state index contributed by atoms with van der Waals surface area (Å²) < 4.78 is 14.1. The van der Waals surface area contributed by atoms with Gasteiger partial charge in [0, 0.05) is 47.5 Å². The van der Waals surface area contributed by atoms with E-state index in [-0.39, 0.29) is 11.7 Å². The van der Waals surface area contributed by atoms with E-state index in [9.17, 15) is 9.18 Å². The summed E-state index contributed by atoms with van der Waals surface area (Å²) in [5.41, 5.74) is 2.69. The fourth-order valence-corrected chi connectivity index (χ4v) is 5.21. The Hall–Kier alpha value is -3.25. The molecule has 1 N–H and O–H groups in total. The Labute approximate surface area is 191 Å². The van der Waals surface area contributed by atoms with Crippen LogP contribution in [-0.4, -0.2) is 42.0 Å². The first-order chi connectivity index (χ1) is 15.7. The van der Waals surface area contributed by atoms with Gasteiger partial charge in [-0.25, -0.2) is 4.39 Å². The van der Waals surface area contributed by atoms with E-state index in [1.807, 2.05) is 52.3 Å². The first-order valence-electron chi connectivity index (χ1n) is 10.8. The number of para-hydroxylation sites is 2. The third-order valence-electron chi connectivity index (χ3n) is 5.89. The fourth-order valence-electron chi connectivity index (χ4n) is 4.21. The van der Waals surface area contributed by atoms with Gasteiger partial charge in [0.2, 0.25) is 5.91 Å². The van der Waals surface area contributed by atoms with Gasteiger partial charge in [-0.3, -0.25) is 4.79 Å². The summed E-state index contributed by atoms with van der Waals surface area (Å²) in [6.07, 6.45) is 0.346. The molecule has 3 aromatic carbocycles. The average molecular weight is 446 g/mol. The summed E-state index contributed by atoms with van der Waals surface area (Å²) in [4.78, 5) is 21.8. The Morgan fingerprint density at radius 1 is 0.875 bits per heavy atom. The highest BCUT2D eigenvalue weighted by Crippen LogP contribution is 2.35. The molecule has 0 radical (unpaired) electrons. The van der Waals surface area contributed by atoms with Gasteiger partial charge >= 0.3 is 0 Å². The number of hydrogen-bond acceptors (Lipinski definition) is 3. The van der Waals surface area contributed by atoms with Gasteiger partial charge in [0.1, 0.15) is 5.82 Å². The number of carbonyl (C=O) groups excluding carboxylic acids is 1. The number of halogens is 1. The molecule has 4 nitrogen and oxygen atoms in total. The molecule has 6 heteroatoms. The number of nitrogens with one attached hydrogen (secondary N) is 1. The summed E-state index contributed by atoms with van der Waals surface area (Å²) in [6.45, 7) is 2.45. The molecule has 1 aliphatic heterocycles. The number of H-pyrrole nitrogens is 1. The van der Waals surface area contributed by atoms with E-state index in [1.54, 1.807) is 23.9 Å². The van der Waals surface area contributed by atoms with Crippen LogP contribution in [-0.2, 0) is 11.2 Å². The second-order valence-corrected chi connectivity index (χ2v) is 8.97. The van der Waals surface area contributed by atoms with E-state index in [4.69, 9.17) is 0 Å². The molecule has 1 saturated heterocycles. The molecular formula is C26H24FN3OS. The van der Waals surface area contributed by atoms with Gasteiger partial charge in [0.15, 0.2) is 0 Å². The standard InChI is InChI=1S/C26H24FN3OS/c27-22-11-5-7-13-24(22)29-14-16-30(17-15-29)25(31)18-21-20-10-4-6-12-23(20)28-26(21)32-19-8-2-1-3-9-19/h1-13,28H,14-18H2. The average Bonchev–Trinajstić information content (AvgIpc) is 3.17. The Kier molecular flexibility index (Phi) is 5.86. The number of benzene rings is 3. The van der Waals surface area contributed by atoms with E-state index in [0.717, 1.165) is 26.4 Å². The summed E-state index contributed by atoms with van der Waals surface area (Å²) >= 11 is 1.65. The minimum atomic E-state index is -0.214. The van der Waals surface area contributed by atoms with Gasteiger partial charge in [-0.1, -0.05) is 60.3 Å². The first kappa shape index (κ1) is 20.6. The van der Waals surface area contributed by atoms with Crippen molar-refractivity contribution in [3.8, 4) is 0 Å². The molecule has 0 spiro atoms. The molecule has 162 valence electrons. The van der Waals surface area contributed by atoms with Crippen LogP contribution in [0.5, 0.6) is 0 Å². The van der Waals surface area contributed by atoms with Crippen LogP contribution in [0.3, 0.4) is 0 Å². The summed E-state index contributed by atoms with van der Waals surface area (Å²) in [5.74, 6) is -0.105. The molecule has 1 amide bonds. The Morgan fingerprint density at radius 3 is 2.34 bits per heavy atom. The predicted molar refractivity (Wildman–Crippen MR) is 128 cm³/mol. The van der Waals surface area contributed by atoms with Crippen molar-refractivity contribution in [2.24, 2.45) is 0 Å². The maximum Gasteiger partial charge on any atom is 0.227 e. The van der Waals surface area contributed by atoms with Crippen molar-refractivity contribution in [1.82, 2.24) is 9.88 Å². The van der Waals surface area contributed by atoms with Crippen LogP contribution in [0.15, 0.2) is 88.8 Å². The monoisotopic (exact) mass is 445 g/mol. The number of nitrogens with zero attached hydrogens (tertiary/aromatic N) is 2. The Bertz CT molecular complexity index is 1230. The molecule has 32 heavy (non-hydrogen) atoms. The second kappa shape index (κ2) is 9.09. The highest BCUT2D eigenvalue weighted by molar-refractivity contribution is 7.99. The molecule has 0 saturated carbocycles. The number of fused-ring (bicyclic) bond motifs is 1. The highest BCUT2D eigenvalue weighted by atomic mass is 32.2. The number of amides is 1. The zero-order valence-electron chi connectivity index (χ0n) is 17.6. The van der Waals surface area contributed by atoms with Gasteiger partial charge in [0.05, 0.1) is 17.1 Å². The molecule has 0 atom stereocenters. The number of aromatic nitrogens is 1. The molecule has 1 aliphatic rings. The van der Waals surface area contributed by atoms with Gasteiger partial charge in [-0.15, -0.1) is 0 Å². The fraction of sp³-hybridized carbons (Fsp3) is 0.192. The molecule has 1 fully saturated rings. The van der Waals surface area contributed by atoms with E-state index in [2.05, 4.69) is 23.2 Å². The number of rotatable bonds is 5. The maximum absolute atomic E-state index is 14.1. The van der Waals surface area contributed by atoms with E-state index in [1.165, 1.54) is 6.07 Å². The van der Waals surface area contributed by atoms with Crippen molar-refractivity contribution in [1.29, 1.82) is 0 Å². The van der Waals surface area contributed by atoms with E-state index >= 15 is 0 Å². The number of piperazine rings is 1. The zero-order chi connectivity index (χ0) is 21.9. The molecule has 5 rings (SSSR count). The lowest BCUT2D eigenvalue weighted by molar-refractivity contribution is -0.130. The molecular weight excluding hydrogens is 421 g/mol. The summed E-state index contributed by atoms with van der Waals surface area (Å²) in [7, 11) is 0. The van der Waals surface area contributed by atoms with E-state index < -0.39 is 0 Å². The van der Waals surface area contributed by atoms with Crippen molar-refractivity contribution in [3.63, 3.8) is 0 Å². The van der Waals surface area contributed by atoms with Crippen LogP contribution in [0.25, 0.3) is 10.9 Å². The zero-order valence-corrected chi connectivity index (χ0v) is 18.4. The van der Waals surface area contributed by atoms with Crippen molar-refractivity contribution < 1.29 is 9.18 Å². The van der Waals surface area contributed by atoms with Crippen molar-refractivity contribution in [2.45, 2.75) is 16.3 Å². The van der Waals surface area contributed by atoms with Crippen molar-refractivity contribution >= 4 is 34.3 Å². The number of anilines is 1. The Morgan fingerprint density at radius 2 is 1.56 bits per heavy atom. The lowest BCUT2D eigenvalue weighted by Gasteiger charge is -2.36. The topological polar surface area (TPSA) is 39.3 Å². The first-order valence-corrected chi connectivity index (χ1v) is 11.6. The minimum Gasteiger partial charge on any atom is -0.366 e. The highest BCUT2D eigenvalue weighted by Gasteiger charge is 2.24. The molecule has 0 bridgehead atoms. The molecule has 1 aromatic heterocycles. The van der Waals surface area contributed by atoms with Gasteiger partial charge in [-0.2, -0.15) is 0 Å². The smallest absolute Gasteiger partial charge is 0.227 e. The van der Waals surface area contributed by atoms with Crippen LogP contribution in [0.2, 0.25) is 0 Å². The van der Waals surface area contributed by atoms with Crippen LogP contribution in [0.4, 0.5) is 10.1 Å². The molecule has 4 aromatic rings. The summed E-state index contributed by atoms with van der Waals surface area (Å²) in [5, 5.41) is 2.10. The predicted octanol–water partition coefficient (Wildman–Crippen LogP) is 5.35. The Balaban J connectivity index is 1.33. The molecule has 0 unspecified atom stereocenters. The number of hydrogen-bond donors (Lipinski definition) is 1. The third-order valence-corrected chi connectivity index (χ3v) is 6.95. The number of carbonyl (C=O) groups is 1. The molecule has 0 aliphatic carbocycles. The van der Waals surface area contributed by atoms with Crippen LogP contribution in [0, 0.1) is 5.82 Å². The van der Waals surface area contributed by atoms with Crippen molar-refractivity contribution in [2.75, 3.05) is 31.1 Å².